The standard InChI is InChI=1S/C23H28N6O5S/c1-3-4-5-6-7-17-27-21(24)18-22(28-17)29(13-25-18)23-20(31)19(30)16(34-23)12-26-35(32,33)15-10-8-14(2)9-11-15/h8-11,13,16,19-20,23,26,30-31H,3-5,12H2,1-2H3,(H2,24,27,28)/t16-,19-,20-,23-/m1/s1. The number of benzene rings is 1. The Kier molecular flexibility index (Phi) is 7.34. The van der Waals surface area contributed by atoms with Crippen LogP contribution >= 0.6 is 0 Å². The number of hydrogen-bond donors (Lipinski definition) is 4. The molecule has 4 atom stereocenters. The molecule has 5 N–H and O–H groups in total. The van der Waals surface area contributed by atoms with Gasteiger partial charge < -0.3 is 20.7 Å². The molecule has 0 bridgehead atoms. The Labute approximate surface area is 203 Å². The van der Waals surface area contributed by atoms with E-state index >= 15 is 0 Å². The normalized spacial score (nSPS) is 22.3. The van der Waals surface area contributed by atoms with Crippen molar-refractivity contribution in [2.24, 2.45) is 0 Å². The van der Waals surface area contributed by atoms with Gasteiger partial charge >= 0.3 is 0 Å². The molecule has 1 aromatic carbocycles. The second kappa shape index (κ2) is 10.3. The fraction of sp³-hybridized carbons (Fsp3) is 0.435. The number of imidazole rings is 1. The van der Waals surface area contributed by atoms with E-state index in [1.807, 2.05) is 6.92 Å². The molecule has 3 aromatic rings. The number of fused-ring (bicyclic) bond motifs is 1. The summed E-state index contributed by atoms with van der Waals surface area (Å²) in [6.07, 6.45) is -0.749. The van der Waals surface area contributed by atoms with E-state index in [2.05, 4.69) is 38.4 Å². The second-order valence-corrected chi connectivity index (χ2v) is 10.1. The molecule has 1 saturated heterocycles. The Morgan fingerprint density at radius 1 is 1.20 bits per heavy atom. The lowest BCUT2D eigenvalue weighted by Crippen LogP contribution is -2.39. The van der Waals surface area contributed by atoms with Crippen LogP contribution in [0.25, 0.3) is 11.2 Å². The van der Waals surface area contributed by atoms with E-state index in [9.17, 15) is 18.6 Å². The van der Waals surface area contributed by atoms with Crippen molar-refractivity contribution < 1.29 is 23.4 Å². The van der Waals surface area contributed by atoms with Crippen molar-refractivity contribution in [2.75, 3.05) is 12.3 Å². The summed E-state index contributed by atoms with van der Waals surface area (Å²) in [4.78, 5) is 12.9. The van der Waals surface area contributed by atoms with Crippen molar-refractivity contribution in [3.05, 3.63) is 42.0 Å². The highest BCUT2D eigenvalue weighted by Crippen LogP contribution is 2.32. The fourth-order valence-corrected chi connectivity index (χ4v) is 4.75. The van der Waals surface area contributed by atoms with Gasteiger partial charge in [0.15, 0.2) is 17.7 Å². The highest BCUT2D eigenvalue weighted by molar-refractivity contribution is 7.89. The molecule has 1 aliphatic rings. The van der Waals surface area contributed by atoms with Crippen LogP contribution in [-0.4, -0.2) is 63.0 Å². The van der Waals surface area contributed by atoms with Gasteiger partial charge in [-0.05, 0) is 31.4 Å². The van der Waals surface area contributed by atoms with Crippen LogP contribution in [0.1, 0.15) is 43.8 Å². The summed E-state index contributed by atoms with van der Waals surface area (Å²) in [6.45, 7) is 3.68. The zero-order chi connectivity index (χ0) is 25.2. The molecule has 0 unspecified atom stereocenters. The van der Waals surface area contributed by atoms with Gasteiger partial charge in [-0.3, -0.25) is 4.57 Å². The molecule has 12 heteroatoms. The number of hydrogen-bond acceptors (Lipinski definition) is 9. The topological polar surface area (TPSA) is 165 Å². The number of unbranched alkanes of at least 4 members (excludes halogenated alkanes) is 2. The van der Waals surface area contributed by atoms with Gasteiger partial charge in [0.2, 0.25) is 15.8 Å². The third-order valence-electron chi connectivity index (χ3n) is 5.72. The van der Waals surface area contributed by atoms with Crippen LogP contribution in [0.2, 0.25) is 0 Å². The number of nitrogens with two attached hydrogens (primary N) is 1. The fourth-order valence-electron chi connectivity index (χ4n) is 3.71. The summed E-state index contributed by atoms with van der Waals surface area (Å²) in [5, 5.41) is 21.2. The Hall–Kier alpha value is -3.08. The maximum atomic E-state index is 12.6. The van der Waals surface area contributed by atoms with Gasteiger partial charge in [0.1, 0.15) is 23.8 Å². The number of nitrogens with zero attached hydrogens (tertiary/aromatic N) is 4. The average Bonchev–Trinajstić information content (AvgIpc) is 3.37. The number of rotatable bonds is 7. The molecule has 1 fully saturated rings. The Morgan fingerprint density at radius 2 is 1.94 bits per heavy atom. The molecule has 3 heterocycles. The third kappa shape index (κ3) is 5.29. The van der Waals surface area contributed by atoms with E-state index in [1.165, 1.54) is 23.0 Å². The van der Waals surface area contributed by atoms with Gasteiger partial charge in [-0.25, -0.2) is 28.1 Å². The van der Waals surface area contributed by atoms with Crippen LogP contribution in [0.5, 0.6) is 0 Å². The summed E-state index contributed by atoms with van der Waals surface area (Å²) in [7, 11) is -3.83. The Balaban J connectivity index is 1.53. The first kappa shape index (κ1) is 25.0. The number of aliphatic hydroxyl groups excluding tert-OH is 2. The van der Waals surface area contributed by atoms with E-state index in [1.54, 1.807) is 12.1 Å². The number of nitrogens with one attached hydrogen (secondary N) is 1. The van der Waals surface area contributed by atoms with Crippen molar-refractivity contribution in [3.63, 3.8) is 0 Å². The molecular weight excluding hydrogens is 472 g/mol. The largest absolute Gasteiger partial charge is 0.387 e. The first-order valence-corrected chi connectivity index (χ1v) is 12.8. The van der Waals surface area contributed by atoms with Gasteiger partial charge in [0, 0.05) is 13.0 Å². The van der Waals surface area contributed by atoms with Crippen LogP contribution in [0.3, 0.4) is 0 Å². The van der Waals surface area contributed by atoms with Crippen LogP contribution in [-0.2, 0) is 14.8 Å². The molecule has 4 rings (SSSR count). The predicted octanol–water partition coefficient (Wildman–Crippen LogP) is 0.856. The van der Waals surface area contributed by atoms with Crippen molar-refractivity contribution in [1.82, 2.24) is 24.2 Å². The first-order chi connectivity index (χ1) is 16.7. The molecule has 2 aromatic heterocycles. The Morgan fingerprint density at radius 3 is 2.66 bits per heavy atom. The van der Waals surface area contributed by atoms with Crippen molar-refractivity contribution in [1.29, 1.82) is 0 Å². The molecule has 11 nitrogen and oxygen atoms in total. The summed E-state index contributed by atoms with van der Waals surface area (Å²) in [6, 6.07) is 6.36. The zero-order valence-electron chi connectivity index (χ0n) is 19.4. The number of aryl methyl sites for hydroxylation is 1. The smallest absolute Gasteiger partial charge is 0.240 e. The maximum Gasteiger partial charge on any atom is 0.240 e. The molecule has 0 spiro atoms. The van der Waals surface area contributed by atoms with Crippen molar-refractivity contribution >= 4 is 27.0 Å². The van der Waals surface area contributed by atoms with E-state index in [-0.39, 0.29) is 28.7 Å². The number of aromatic nitrogens is 4. The first-order valence-electron chi connectivity index (χ1n) is 11.3. The van der Waals surface area contributed by atoms with E-state index < -0.39 is 34.6 Å². The lowest BCUT2D eigenvalue weighted by Gasteiger charge is -2.16. The number of aliphatic hydroxyl groups is 2. The summed E-state index contributed by atoms with van der Waals surface area (Å²) in [5.74, 6) is 6.22. The number of anilines is 1. The highest BCUT2D eigenvalue weighted by Gasteiger charge is 2.44. The molecular formula is C23H28N6O5S. The highest BCUT2D eigenvalue weighted by atomic mass is 32.2. The quantitative estimate of drug-likeness (QED) is 0.272. The minimum Gasteiger partial charge on any atom is -0.387 e. The van der Waals surface area contributed by atoms with Gasteiger partial charge in [-0.2, -0.15) is 0 Å². The van der Waals surface area contributed by atoms with E-state index in [0.29, 0.717) is 11.9 Å². The molecule has 0 radical (unpaired) electrons. The summed E-state index contributed by atoms with van der Waals surface area (Å²) >= 11 is 0. The minimum absolute atomic E-state index is 0.0908. The van der Waals surface area contributed by atoms with Gasteiger partial charge in [0.25, 0.3) is 0 Å². The monoisotopic (exact) mass is 500 g/mol. The molecule has 0 aliphatic carbocycles. The maximum absolute atomic E-state index is 12.6. The van der Waals surface area contributed by atoms with Crippen LogP contribution in [0.4, 0.5) is 5.82 Å². The number of ether oxygens (including phenoxy) is 1. The van der Waals surface area contributed by atoms with Crippen molar-refractivity contribution in [2.45, 2.75) is 62.5 Å². The Bertz CT molecular complexity index is 1360. The lowest BCUT2D eigenvalue weighted by molar-refractivity contribution is -0.0330. The molecule has 186 valence electrons. The number of sulfonamides is 1. The summed E-state index contributed by atoms with van der Waals surface area (Å²) < 4.78 is 34.9. The third-order valence-corrected chi connectivity index (χ3v) is 7.16. The molecule has 0 amide bonds. The molecule has 1 aliphatic heterocycles. The number of nitrogen functional groups attached to an aromatic ring is 1. The SMILES string of the molecule is CCCCC#Cc1nc(N)c2ncn([C@@H]3O[C@H](CNS(=O)(=O)c4ccc(C)cc4)[C@@H](O)[C@H]3O)c2n1. The average molecular weight is 501 g/mol. The van der Waals surface area contributed by atoms with E-state index in [0.717, 1.165) is 18.4 Å². The predicted molar refractivity (Wildman–Crippen MR) is 128 cm³/mol. The molecule has 35 heavy (non-hydrogen) atoms. The zero-order valence-corrected chi connectivity index (χ0v) is 20.2. The van der Waals surface area contributed by atoms with Crippen LogP contribution in [0, 0.1) is 18.8 Å². The van der Waals surface area contributed by atoms with Crippen molar-refractivity contribution in [3.8, 4) is 11.8 Å². The van der Waals surface area contributed by atoms with Gasteiger partial charge in [-0.15, -0.1) is 0 Å². The van der Waals surface area contributed by atoms with Crippen LogP contribution < -0.4 is 10.5 Å². The lowest BCUT2D eigenvalue weighted by atomic mass is 10.1. The van der Waals surface area contributed by atoms with Gasteiger partial charge in [-0.1, -0.05) is 37.0 Å². The van der Waals surface area contributed by atoms with Crippen LogP contribution in [0.15, 0.2) is 35.5 Å². The van der Waals surface area contributed by atoms with Gasteiger partial charge in [0.05, 0.1) is 11.2 Å². The molecule has 0 saturated carbocycles. The van der Waals surface area contributed by atoms with E-state index in [4.69, 9.17) is 10.5 Å². The second-order valence-electron chi connectivity index (χ2n) is 8.37. The minimum atomic E-state index is -3.83. The summed E-state index contributed by atoms with van der Waals surface area (Å²) in [5.41, 5.74) is 7.54.